The monoisotopic (exact) mass is 617 g/mol. The number of carbonyl (C=O) groups is 3. The first kappa shape index (κ1) is 32.3. The number of alkyl carbamates (subject to hydrolysis) is 1. The number of sulfone groups is 1. The van der Waals surface area contributed by atoms with Crippen molar-refractivity contribution < 1.29 is 32.3 Å². The average Bonchev–Trinajstić information content (AvgIpc) is 2.93. The number of pyridine rings is 2. The van der Waals surface area contributed by atoms with Gasteiger partial charge in [0.15, 0.2) is 15.5 Å². The molecule has 0 atom stereocenters. The molecular weight excluding hydrogens is 586 g/mol. The van der Waals surface area contributed by atoms with Gasteiger partial charge in [-0.1, -0.05) is 18.5 Å². The summed E-state index contributed by atoms with van der Waals surface area (Å²) in [5, 5.41) is 8.24. The molecule has 0 saturated heterocycles. The normalized spacial score (nSPS) is 11.4. The molecule has 0 bridgehead atoms. The van der Waals surface area contributed by atoms with E-state index < -0.39 is 33.3 Å². The number of hydrogen-bond acceptors (Lipinski definition) is 9. The Morgan fingerprint density at radius 2 is 1.76 bits per heavy atom. The van der Waals surface area contributed by atoms with Crippen LogP contribution in [0.5, 0.6) is 5.75 Å². The van der Waals surface area contributed by atoms with E-state index in [2.05, 4.69) is 25.9 Å². The highest BCUT2D eigenvalue weighted by Crippen LogP contribution is 2.26. The number of nitrogens with one attached hydrogen (secondary N) is 3. The molecule has 0 fully saturated rings. The summed E-state index contributed by atoms with van der Waals surface area (Å²) in [5.41, 5.74) is -0.592. The number of halogens is 1. The van der Waals surface area contributed by atoms with Crippen molar-refractivity contribution in [3.05, 3.63) is 71.1 Å². The fourth-order valence-electron chi connectivity index (χ4n) is 3.43. The summed E-state index contributed by atoms with van der Waals surface area (Å²) in [6, 6.07) is 10.0. The fourth-order valence-corrected chi connectivity index (χ4v) is 4.44. The molecule has 42 heavy (non-hydrogen) atoms. The van der Waals surface area contributed by atoms with Crippen molar-refractivity contribution in [3.63, 3.8) is 0 Å². The second-order valence-corrected chi connectivity index (χ2v) is 12.6. The van der Waals surface area contributed by atoms with Crippen molar-refractivity contribution in [2.75, 3.05) is 29.5 Å². The third kappa shape index (κ3) is 9.42. The van der Waals surface area contributed by atoms with Gasteiger partial charge in [0.2, 0.25) is 0 Å². The van der Waals surface area contributed by atoms with Crippen LogP contribution in [-0.4, -0.2) is 60.8 Å². The fraction of sp³-hybridized carbons (Fsp3) is 0.321. The van der Waals surface area contributed by atoms with Crippen molar-refractivity contribution in [2.24, 2.45) is 0 Å². The van der Waals surface area contributed by atoms with Crippen molar-refractivity contribution in [1.29, 1.82) is 0 Å². The van der Waals surface area contributed by atoms with Gasteiger partial charge in [-0.05, 0) is 69.7 Å². The van der Waals surface area contributed by atoms with E-state index in [4.69, 9.17) is 21.1 Å². The van der Waals surface area contributed by atoms with Crippen LogP contribution in [0.25, 0.3) is 0 Å². The standard InChI is InChI=1S/C28H32ClN5O7S/c1-5-42(38,39)19-10-11-20(22(16-19)40-15-7-14-31-27(37)41-28(2,3)4)25(35)33-21-8-6-13-30-24(21)26(36)34-23-12-9-18(29)17-32-23/h6,8-13,16-17H,5,7,14-15H2,1-4H3,(H,31,37)(H,33,35)(H,32,34,36). The maximum atomic E-state index is 13.3. The van der Waals surface area contributed by atoms with Gasteiger partial charge in [0, 0.05) is 18.9 Å². The summed E-state index contributed by atoms with van der Waals surface area (Å²) in [5.74, 6) is -1.19. The first-order valence-electron chi connectivity index (χ1n) is 12.9. The largest absolute Gasteiger partial charge is 0.493 e. The smallest absolute Gasteiger partial charge is 0.407 e. The number of benzene rings is 1. The van der Waals surface area contributed by atoms with Gasteiger partial charge in [0.25, 0.3) is 11.8 Å². The summed E-state index contributed by atoms with van der Waals surface area (Å²) in [6.45, 7) is 7.03. The Morgan fingerprint density at radius 3 is 2.43 bits per heavy atom. The average molecular weight is 618 g/mol. The zero-order valence-electron chi connectivity index (χ0n) is 23.6. The molecular formula is C28H32ClN5O7S. The molecule has 3 amide bonds. The zero-order valence-corrected chi connectivity index (χ0v) is 25.1. The maximum absolute atomic E-state index is 13.3. The number of amides is 3. The third-order valence-electron chi connectivity index (χ3n) is 5.42. The number of carbonyl (C=O) groups excluding carboxylic acids is 3. The zero-order chi connectivity index (χ0) is 30.9. The number of aromatic nitrogens is 2. The van der Waals surface area contributed by atoms with E-state index in [0.29, 0.717) is 11.4 Å². The van der Waals surface area contributed by atoms with Gasteiger partial charge in [-0.15, -0.1) is 0 Å². The lowest BCUT2D eigenvalue weighted by Crippen LogP contribution is -2.33. The van der Waals surface area contributed by atoms with Crippen LogP contribution >= 0.6 is 11.6 Å². The highest BCUT2D eigenvalue weighted by molar-refractivity contribution is 7.91. The molecule has 0 spiro atoms. The second-order valence-electron chi connectivity index (χ2n) is 9.86. The number of nitrogens with zero attached hydrogens (tertiary/aromatic N) is 2. The van der Waals surface area contributed by atoms with Crippen LogP contribution in [0.3, 0.4) is 0 Å². The molecule has 0 saturated carbocycles. The summed E-state index contributed by atoms with van der Waals surface area (Å²) in [6.07, 6.45) is 2.53. The first-order chi connectivity index (χ1) is 19.8. The molecule has 0 unspecified atom stereocenters. The molecule has 1 aromatic carbocycles. The molecule has 0 aliphatic rings. The van der Waals surface area contributed by atoms with E-state index in [1.54, 1.807) is 32.9 Å². The van der Waals surface area contributed by atoms with Gasteiger partial charge in [0.05, 0.1) is 33.5 Å². The van der Waals surface area contributed by atoms with Crippen LogP contribution in [0.15, 0.2) is 59.8 Å². The van der Waals surface area contributed by atoms with Crippen LogP contribution < -0.4 is 20.7 Å². The number of hydrogen-bond donors (Lipinski definition) is 3. The van der Waals surface area contributed by atoms with E-state index in [-0.39, 0.29) is 52.3 Å². The van der Waals surface area contributed by atoms with Crippen LogP contribution in [0.2, 0.25) is 5.02 Å². The van der Waals surface area contributed by atoms with Crippen LogP contribution in [0, 0.1) is 0 Å². The number of rotatable bonds is 11. The molecule has 0 aliphatic carbocycles. The molecule has 12 nitrogen and oxygen atoms in total. The van der Waals surface area contributed by atoms with Crippen molar-refractivity contribution >= 4 is 50.9 Å². The predicted octanol–water partition coefficient (Wildman–Crippen LogP) is 4.72. The van der Waals surface area contributed by atoms with Gasteiger partial charge >= 0.3 is 6.09 Å². The molecule has 3 aromatic rings. The summed E-state index contributed by atoms with van der Waals surface area (Å²) in [7, 11) is -3.60. The highest BCUT2D eigenvalue weighted by atomic mass is 35.5. The Morgan fingerprint density at radius 1 is 1.00 bits per heavy atom. The van der Waals surface area contributed by atoms with Crippen LogP contribution in [0.1, 0.15) is 55.0 Å². The van der Waals surface area contributed by atoms with Crippen LogP contribution in [0.4, 0.5) is 16.3 Å². The Bertz CT molecular complexity index is 1540. The van der Waals surface area contributed by atoms with E-state index in [1.807, 2.05) is 0 Å². The van der Waals surface area contributed by atoms with Crippen LogP contribution in [-0.2, 0) is 14.6 Å². The van der Waals surface area contributed by atoms with E-state index in [9.17, 15) is 22.8 Å². The summed E-state index contributed by atoms with van der Waals surface area (Å²) >= 11 is 5.84. The Balaban J connectivity index is 1.77. The van der Waals surface area contributed by atoms with Crippen molar-refractivity contribution in [1.82, 2.24) is 15.3 Å². The highest BCUT2D eigenvalue weighted by Gasteiger charge is 2.22. The van der Waals surface area contributed by atoms with Crippen molar-refractivity contribution in [3.8, 4) is 5.75 Å². The van der Waals surface area contributed by atoms with Crippen molar-refractivity contribution in [2.45, 2.75) is 44.6 Å². The third-order valence-corrected chi connectivity index (χ3v) is 7.38. The molecule has 0 aliphatic heterocycles. The first-order valence-corrected chi connectivity index (χ1v) is 15.0. The van der Waals surface area contributed by atoms with E-state index >= 15 is 0 Å². The van der Waals surface area contributed by atoms with Gasteiger partial charge in [-0.2, -0.15) is 0 Å². The molecule has 224 valence electrons. The lowest BCUT2D eigenvalue weighted by atomic mass is 10.1. The number of anilines is 2. The van der Waals surface area contributed by atoms with Gasteiger partial charge < -0.3 is 25.4 Å². The Hall–Kier alpha value is -4.23. The summed E-state index contributed by atoms with van der Waals surface area (Å²) < 4.78 is 36.0. The lowest BCUT2D eigenvalue weighted by molar-refractivity contribution is 0.0525. The Kier molecular flexibility index (Phi) is 10.8. The maximum Gasteiger partial charge on any atom is 0.407 e. The van der Waals surface area contributed by atoms with E-state index in [0.717, 1.165) is 0 Å². The SMILES string of the molecule is CCS(=O)(=O)c1ccc(C(=O)Nc2cccnc2C(=O)Nc2ccc(Cl)cn2)c(OCCCNC(=O)OC(C)(C)C)c1. The second kappa shape index (κ2) is 14.1. The van der Waals surface area contributed by atoms with Gasteiger partial charge in [-0.25, -0.2) is 23.2 Å². The topological polar surface area (TPSA) is 166 Å². The molecule has 14 heteroatoms. The van der Waals surface area contributed by atoms with Gasteiger partial charge in [0.1, 0.15) is 17.2 Å². The Labute approximate surface area is 249 Å². The quantitative estimate of drug-likeness (QED) is 0.258. The summed E-state index contributed by atoms with van der Waals surface area (Å²) in [4.78, 5) is 46.2. The minimum atomic E-state index is -3.60. The predicted molar refractivity (Wildman–Crippen MR) is 158 cm³/mol. The van der Waals surface area contributed by atoms with E-state index in [1.165, 1.54) is 49.6 Å². The molecule has 2 aromatic heterocycles. The lowest BCUT2D eigenvalue weighted by Gasteiger charge is -2.19. The molecule has 3 rings (SSSR count). The molecule has 3 N–H and O–H groups in total. The molecule has 0 radical (unpaired) electrons. The number of ether oxygens (including phenoxy) is 2. The van der Waals surface area contributed by atoms with Gasteiger partial charge in [-0.3, -0.25) is 9.59 Å². The molecule has 2 heterocycles. The minimum absolute atomic E-state index is 0.0135. The minimum Gasteiger partial charge on any atom is -0.493 e.